The Balaban J connectivity index is 1.28. The maximum atomic E-state index is 14.5. The average Bonchev–Trinajstić information content (AvgIpc) is 0.742. The normalized spacial score (nSPS) is 33.9. The molecule has 3 amide bonds. The van der Waals surface area contributed by atoms with Crippen molar-refractivity contribution in [1.82, 2.24) is 16.0 Å². The van der Waals surface area contributed by atoms with Gasteiger partial charge >= 0.3 is 11.9 Å². The molecule has 6 fully saturated rings. The SMILES string of the molecule is CCCCCCCCCCCCCC=C[C@@H](O)[C@H](CO[C@@H]1O[C@H](CO)[C@@H](O[C@@H]2O[C@H](CO)[C@H](O[C@@H]3O[C@H](CO)[C@H](O)[C@H](O[C@@H]4O[C@H](CO)[C@H](O)[C@H](O)[C@H]4O)[C@H]3CC(C)=O)[C@H](O[C@]3(C(=O)O)C[C@H](O)[C@@H](NC(C)=O)C([C@H](O)[C@@H](CO)O[C@]4(C(=O)O)C[C@H](O)[C@@H](NC(C)=O)C([C@H](O)[C@H](O)CO)O4)O3)[C@H]2O)[C@H](O)[C@H]1O)NC(=O)CCCCCCCCCCCCCCCCCCCCCCCC. The molecule has 0 spiro atoms. The van der Waals surface area contributed by atoms with Gasteiger partial charge in [-0.3, -0.25) is 14.4 Å². The molecular formula is C92H163N3O39. The first-order valence-corrected chi connectivity index (χ1v) is 48.9. The highest BCUT2D eigenvalue weighted by molar-refractivity contribution is 5.78. The molecule has 0 bridgehead atoms. The van der Waals surface area contributed by atoms with E-state index in [0.29, 0.717) is 12.8 Å². The van der Waals surface area contributed by atoms with E-state index in [1.807, 2.05) is 0 Å². The number of carbonyl (C=O) groups excluding carboxylic acids is 4. The number of amides is 3. The van der Waals surface area contributed by atoms with Crippen LogP contribution in [0.15, 0.2) is 12.2 Å². The van der Waals surface area contributed by atoms with Gasteiger partial charge in [0, 0.05) is 45.4 Å². The summed E-state index contributed by atoms with van der Waals surface area (Å²) < 4.78 is 72.6. The molecule has 24 N–H and O–H groups in total. The number of aliphatic hydroxyl groups excluding tert-OH is 19. The van der Waals surface area contributed by atoms with E-state index in [4.69, 9.17) is 56.8 Å². The highest BCUT2D eigenvalue weighted by Gasteiger charge is 2.64. The molecule has 42 heteroatoms. The second kappa shape index (κ2) is 62.1. The third-order valence-electron chi connectivity index (χ3n) is 26.1. The monoisotopic (exact) mass is 1930 g/mol. The topological polar surface area (TPSA) is 674 Å². The molecule has 2 unspecified atom stereocenters. The van der Waals surface area contributed by atoms with E-state index in [1.165, 1.54) is 147 Å². The fraction of sp³-hybridized carbons (Fsp3) is 0.913. The Bertz CT molecular complexity index is 3330. The van der Waals surface area contributed by atoms with Crippen LogP contribution in [0.5, 0.6) is 0 Å². The van der Waals surface area contributed by atoms with Crippen LogP contribution in [0.2, 0.25) is 0 Å². The molecule has 0 aliphatic carbocycles. The van der Waals surface area contributed by atoms with Gasteiger partial charge in [-0.1, -0.05) is 225 Å². The Hall–Kier alpha value is -4.48. The molecule has 0 aromatic carbocycles. The van der Waals surface area contributed by atoms with Crippen LogP contribution in [0.3, 0.4) is 0 Å². The molecule has 6 heterocycles. The van der Waals surface area contributed by atoms with Crippen molar-refractivity contribution in [1.29, 1.82) is 0 Å². The van der Waals surface area contributed by atoms with Crippen molar-refractivity contribution in [2.45, 2.75) is 480 Å². The molecule has 0 radical (unpaired) electrons. The number of unbranched alkanes of at least 4 members (excludes halogenated alkanes) is 32. The Morgan fingerprint density at radius 2 is 0.828 bits per heavy atom. The smallest absolute Gasteiger partial charge is 0.364 e. The summed E-state index contributed by atoms with van der Waals surface area (Å²) in [6.45, 7) is -0.746. The van der Waals surface area contributed by atoms with Crippen LogP contribution < -0.4 is 16.0 Å². The van der Waals surface area contributed by atoms with Crippen LogP contribution >= 0.6 is 0 Å². The van der Waals surface area contributed by atoms with E-state index in [2.05, 4.69) is 29.8 Å². The summed E-state index contributed by atoms with van der Waals surface area (Å²) in [5.74, 6) is -16.5. The number of aliphatic carboxylic acids is 2. The highest BCUT2D eigenvalue weighted by Crippen LogP contribution is 2.44. The van der Waals surface area contributed by atoms with Crippen molar-refractivity contribution in [3.63, 3.8) is 0 Å². The lowest BCUT2D eigenvalue weighted by Crippen LogP contribution is -2.72. The summed E-state index contributed by atoms with van der Waals surface area (Å²) in [6.07, 6.45) is -22.5. The van der Waals surface area contributed by atoms with Crippen molar-refractivity contribution in [3.8, 4) is 0 Å². The number of ketones is 1. The molecule has 6 aliphatic heterocycles. The number of carboxylic acid groups (broad SMARTS) is 2. The predicted molar refractivity (Wildman–Crippen MR) is 473 cm³/mol. The average molecular weight is 1940 g/mol. The number of carbonyl (C=O) groups is 6. The molecule has 0 aromatic rings. The lowest BCUT2D eigenvalue weighted by molar-refractivity contribution is -0.407. The van der Waals surface area contributed by atoms with Gasteiger partial charge in [-0.05, 0) is 26.2 Å². The van der Waals surface area contributed by atoms with Gasteiger partial charge in [0.2, 0.25) is 17.7 Å². The van der Waals surface area contributed by atoms with Gasteiger partial charge in [-0.2, -0.15) is 0 Å². The summed E-state index contributed by atoms with van der Waals surface area (Å²) in [5, 5.41) is 246. The summed E-state index contributed by atoms with van der Waals surface area (Å²) in [6, 6.07) is -5.10. The van der Waals surface area contributed by atoms with E-state index in [-0.39, 0.29) is 6.42 Å². The Morgan fingerprint density at radius 1 is 0.425 bits per heavy atom. The van der Waals surface area contributed by atoms with Crippen molar-refractivity contribution in [2.24, 2.45) is 5.92 Å². The molecule has 0 aromatic heterocycles. The summed E-state index contributed by atoms with van der Waals surface area (Å²) in [7, 11) is 0. The molecule has 34 atom stereocenters. The van der Waals surface area contributed by atoms with E-state index >= 15 is 0 Å². The molecular weight excluding hydrogens is 1770 g/mol. The number of ether oxygens (including phenoxy) is 12. The Morgan fingerprint density at radius 3 is 1.29 bits per heavy atom. The first-order valence-electron chi connectivity index (χ1n) is 48.9. The van der Waals surface area contributed by atoms with Crippen LogP contribution in [0, 0.1) is 5.92 Å². The number of aliphatic hydroxyl groups is 19. The fourth-order valence-electron chi connectivity index (χ4n) is 18.4. The van der Waals surface area contributed by atoms with Gasteiger partial charge in [0.05, 0.1) is 88.8 Å². The molecule has 6 saturated heterocycles. The minimum absolute atomic E-state index is 0.0893. The minimum Gasteiger partial charge on any atom is -0.477 e. The zero-order valence-electron chi connectivity index (χ0n) is 78.7. The number of allylic oxidation sites excluding steroid dienone is 1. The lowest BCUT2D eigenvalue weighted by atomic mass is 9.86. The van der Waals surface area contributed by atoms with Crippen LogP contribution in [-0.2, 0) is 85.6 Å². The lowest BCUT2D eigenvalue weighted by Gasteiger charge is -2.53. The zero-order valence-corrected chi connectivity index (χ0v) is 78.7. The maximum Gasteiger partial charge on any atom is 0.364 e. The number of Topliss-reactive ketones (excluding diaryl/α,β-unsaturated/α-hetero) is 1. The first-order chi connectivity index (χ1) is 64.1. The summed E-state index contributed by atoms with van der Waals surface area (Å²) in [4.78, 5) is 80.7. The van der Waals surface area contributed by atoms with Gasteiger partial charge in [0.15, 0.2) is 25.2 Å². The zero-order chi connectivity index (χ0) is 98.8. The number of hydrogen-bond donors (Lipinski definition) is 24. The maximum absolute atomic E-state index is 14.5. The van der Waals surface area contributed by atoms with E-state index in [0.717, 1.165) is 85.0 Å². The van der Waals surface area contributed by atoms with E-state index in [9.17, 15) is 136 Å². The quantitative estimate of drug-likeness (QED) is 0.0280. The Kier molecular flexibility index (Phi) is 54.7. The van der Waals surface area contributed by atoms with Crippen LogP contribution in [0.4, 0.5) is 0 Å². The number of rotatable bonds is 67. The van der Waals surface area contributed by atoms with Gasteiger partial charge < -0.3 is 185 Å². The second-order valence-corrected chi connectivity index (χ2v) is 37.1. The van der Waals surface area contributed by atoms with Crippen LogP contribution in [0.25, 0.3) is 0 Å². The Labute approximate surface area is 785 Å². The van der Waals surface area contributed by atoms with Crippen molar-refractivity contribution < 1.29 is 193 Å². The minimum atomic E-state index is -3.68. The third-order valence-corrected chi connectivity index (χ3v) is 26.1. The van der Waals surface area contributed by atoms with E-state index in [1.54, 1.807) is 6.08 Å². The van der Waals surface area contributed by atoms with E-state index < -0.39 is 308 Å². The summed E-state index contributed by atoms with van der Waals surface area (Å²) >= 11 is 0. The number of nitrogens with one attached hydrogen (secondary N) is 3. The molecule has 780 valence electrons. The molecule has 134 heavy (non-hydrogen) atoms. The fourth-order valence-corrected chi connectivity index (χ4v) is 18.4. The van der Waals surface area contributed by atoms with Crippen molar-refractivity contribution in [2.75, 3.05) is 46.2 Å². The van der Waals surface area contributed by atoms with Gasteiger partial charge in [0.25, 0.3) is 11.6 Å². The van der Waals surface area contributed by atoms with Crippen molar-refractivity contribution in [3.05, 3.63) is 12.2 Å². The standard InChI is InChI=1S/C92H163N3O39/c1-6-8-10-12-14-16-18-20-21-22-23-24-25-26-27-28-30-32-34-36-38-40-42-67(109)95-57(58(105)41-39-37-35-33-31-29-19-17-15-13-11-9-7-2)52-123-86-77(117)75(115)80(65(50-100)126-86)129-88-78(118)84(81(66(51-101)127-88)130-85-56(43-53(3)102)79(72(112)63(48-98)124-85)128-87-76(116)74(114)71(111)62(47-97)125-87)134-92(90(121)122)45-60(107)69(94-55(5)104)83(133-92)73(113)64(49-99)131-91(89(119)120)44-59(106)68(93-54(4)103)82(132-91)70(110)61(108)46-96/h39,41,56-66,68-88,96-101,105-108,110-118H,6-38,40,42-52H2,1-5H3,(H,93,103)(H,94,104)(H,95,109)(H,119,120)(H,121,122)/t56-,57+,58-,59+,60+,61-,62-,63-,64-,65-,66-,68-,69-,70-,71+,72+,73-,74+,75-,76-,77-,78-,79-,80-,81+,82?,83?,84-,85+,86-,87+,88+,91-,92+/m1/s1. The highest BCUT2D eigenvalue weighted by atomic mass is 16.8. The second-order valence-electron chi connectivity index (χ2n) is 37.1. The van der Waals surface area contributed by atoms with Crippen LogP contribution in [-0.4, -0.2) is 390 Å². The van der Waals surface area contributed by atoms with Crippen molar-refractivity contribution >= 4 is 35.4 Å². The molecule has 42 nitrogen and oxygen atoms in total. The largest absolute Gasteiger partial charge is 0.477 e. The molecule has 0 saturated carbocycles. The molecule has 6 aliphatic rings. The number of hydrogen-bond acceptors (Lipinski definition) is 37. The van der Waals surface area contributed by atoms with Gasteiger partial charge in [0.1, 0.15) is 128 Å². The first kappa shape index (κ1) is 118. The van der Waals surface area contributed by atoms with Gasteiger partial charge in [-0.15, -0.1) is 0 Å². The third kappa shape index (κ3) is 36.2. The summed E-state index contributed by atoms with van der Waals surface area (Å²) in [5.41, 5.74) is 0. The van der Waals surface area contributed by atoms with Gasteiger partial charge in [-0.25, -0.2) is 9.59 Å². The number of carboxylic acids is 2. The van der Waals surface area contributed by atoms with Crippen LogP contribution in [0.1, 0.15) is 279 Å². The predicted octanol–water partition coefficient (Wildman–Crippen LogP) is -0.0473. The molecule has 6 rings (SSSR count).